The van der Waals surface area contributed by atoms with Crippen molar-refractivity contribution in [1.82, 2.24) is 5.32 Å². The molecule has 0 unspecified atom stereocenters. The number of amides is 1. The third-order valence-electron chi connectivity index (χ3n) is 3.28. The van der Waals surface area contributed by atoms with Crippen molar-refractivity contribution in [3.63, 3.8) is 0 Å². The van der Waals surface area contributed by atoms with E-state index in [-0.39, 0.29) is 0 Å². The van der Waals surface area contributed by atoms with Crippen LogP contribution in [0.25, 0.3) is 0 Å². The normalized spacial score (nSPS) is 18.4. The number of benzene rings is 1. The van der Waals surface area contributed by atoms with Crippen molar-refractivity contribution < 1.29 is 9.59 Å². The fourth-order valence-corrected chi connectivity index (χ4v) is 2.32. The highest BCUT2D eigenvalue weighted by Crippen LogP contribution is 2.31. The summed E-state index contributed by atoms with van der Waals surface area (Å²) in [5.74, 6) is -0.891. The topological polar surface area (TPSA) is 49.4 Å². The highest BCUT2D eigenvalue weighted by Gasteiger charge is 2.35. The predicted octanol–water partition coefficient (Wildman–Crippen LogP) is 1.62. The van der Waals surface area contributed by atoms with E-state index in [0.717, 1.165) is 0 Å². The van der Waals surface area contributed by atoms with Crippen LogP contribution in [0.3, 0.4) is 0 Å². The summed E-state index contributed by atoms with van der Waals surface area (Å²) in [7, 11) is 0. The average molecular weight is 265 g/mol. The standard InChI is InChI=1S/C13H13ClN2O2/c14-8-1-4-10-11(7-8)16(13(18)12(10)17)6-5-15-9-2-3-9/h1,4,7,9,15H,2-3,5-6H2. The van der Waals surface area contributed by atoms with Crippen molar-refractivity contribution >= 4 is 29.0 Å². The van der Waals surface area contributed by atoms with E-state index < -0.39 is 11.7 Å². The van der Waals surface area contributed by atoms with Crippen molar-refractivity contribution in [3.8, 4) is 0 Å². The number of nitrogens with zero attached hydrogens (tertiary/aromatic N) is 1. The van der Waals surface area contributed by atoms with Gasteiger partial charge in [-0.05, 0) is 31.0 Å². The maximum atomic E-state index is 11.9. The summed E-state index contributed by atoms with van der Waals surface area (Å²) in [4.78, 5) is 25.2. The van der Waals surface area contributed by atoms with Gasteiger partial charge in [0.15, 0.2) is 0 Å². The Hall–Kier alpha value is -1.39. The zero-order chi connectivity index (χ0) is 12.7. The predicted molar refractivity (Wildman–Crippen MR) is 69.2 cm³/mol. The third-order valence-corrected chi connectivity index (χ3v) is 3.52. The minimum absolute atomic E-state index is 0.437. The van der Waals surface area contributed by atoms with Crippen LogP contribution in [0.5, 0.6) is 0 Å². The number of carbonyl (C=O) groups is 2. The smallest absolute Gasteiger partial charge is 0.299 e. The molecule has 0 saturated heterocycles. The van der Waals surface area contributed by atoms with E-state index in [2.05, 4.69) is 5.32 Å². The second-order valence-electron chi connectivity index (χ2n) is 4.68. The Morgan fingerprint density at radius 2 is 2.11 bits per heavy atom. The Kier molecular flexibility index (Phi) is 2.84. The van der Waals surface area contributed by atoms with Gasteiger partial charge in [0.2, 0.25) is 0 Å². The number of fused-ring (bicyclic) bond motifs is 1. The van der Waals surface area contributed by atoms with Crippen LogP contribution in [0.15, 0.2) is 18.2 Å². The molecule has 3 rings (SSSR count). The van der Waals surface area contributed by atoms with Gasteiger partial charge in [0.05, 0.1) is 11.3 Å². The number of ketones is 1. The van der Waals surface area contributed by atoms with Crippen LogP contribution < -0.4 is 10.2 Å². The molecule has 0 spiro atoms. The number of Topliss-reactive ketones (excluding diaryl/α,β-unsaturated/α-hetero) is 1. The molecule has 1 aromatic rings. The van der Waals surface area contributed by atoms with E-state index in [1.54, 1.807) is 18.2 Å². The minimum atomic E-state index is -0.454. The minimum Gasteiger partial charge on any atom is -0.312 e. The van der Waals surface area contributed by atoms with Crippen LogP contribution in [-0.4, -0.2) is 30.8 Å². The van der Waals surface area contributed by atoms with E-state index in [9.17, 15) is 9.59 Å². The molecule has 4 nitrogen and oxygen atoms in total. The first kappa shape index (κ1) is 11.7. The van der Waals surface area contributed by atoms with Crippen molar-refractivity contribution in [2.75, 3.05) is 18.0 Å². The molecule has 1 fully saturated rings. The van der Waals surface area contributed by atoms with Gasteiger partial charge in [-0.25, -0.2) is 0 Å². The third kappa shape index (κ3) is 2.02. The van der Waals surface area contributed by atoms with E-state index in [1.165, 1.54) is 17.7 Å². The molecule has 1 aliphatic carbocycles. The van der Waals surface area contributed by atoms with E-state index in [4.69, 9.17) is 11.6 Å². The second-order valence-corrected chi connectivity index (χ2v) is 5.11. The maximum absolute atomic E-state index is 11.9. The van der Waals surface area contributed by atoms with Crippen LogP contribution in [0.1, 0.15) is 23.2 Å². The van der Waals surface area contributed by atoms with Gasteiger partial charge in [-0.2, -0.15) is 0 Å². The summed E-state index contributed by atoms with van der Waals surface area (Å²) >= 11 is 5.91. The summed E-state index contributed by atoms with van der Waals surface area (Å²) < 4.78 is 0. The highest BCUT2D eigenvalue weighted by molar-refractivity contribution is 6.52. The Morgan fingerprint density at radius 3 is 2.83 bits per heavy atom. The molecule has 5 heteroatoms. The van der Waals surface area contributed by atoms with Gasteiger partial charge in [-0.1, -0.05) is 11.6 Å². The van der Waals surface area contributed by atoms with E-state index >= 15 is 0 Å². The summed E-state index contributed by atoms with van der Waals surface area (Å²) in [5.41, 5.74) is 1.09. The molecule has 1 aromatic carbocycles. The Bertz CT molecular complexity index is 526. The largest absolute Gasteiger partial charge is 0.312 e. The number of hydrogen-bond acceptors (Lipinski definition) is 3. The summed E-state index contributed by atoms with van der Waals surface area (Å²) in [6.07, 6.45) is 2.41. The van der Waals surface area contributed by atoms with Gasteiger partial charge in [-0.3, -0.25) is 9.59 Å². The number of rotatable bonds is 4. The van der Waals surface area contributed by atoms with Crippen molar-refractivity contribution in [1.29, 1.82) is 0 Å². The molecule has 0 atom stereocenters. The molecular formula is C13H13ClN2O2. The Balaban J connectivity index is 1.79. The molecule has 0 bridgehead atoms. The quantitative estimate of drug-likeness (QED) is 0.841. The van der Waals surface area contributed by atoms with Crippen LogP contribution in [0.4, 0.5) is 5.69 Å². The number of anilines is 1. The fourth-order valence-electron chi connectivity index (χ4n) is 2.16. The van der Waals surface area contributed by atoms with Gasteiger partial charge in [0.1, 0.15) is 0 Å². The lowest BCUT2D eigenvalue weighted by Gasteiger charge is -2.16. The molecule has 1 amide bonds. The van der Waals surface area contributed by atoms with Gasteiger partial charge in [0.25, 0.3) is 11.7 Å². The molecule has 1 saturated carbocycles. The van der Waals surface area contributed by atoms with E-state index in [1.807, 2.05) is 0 Å². The lowest BCUT2D eigenvalue weighted by atomic mass is 10.1. The van der Waals surface area contributed by atoms with Crippen molar-refractivity contribution in [2.45, 2.75) is 18.9 Å². The molecular weight excluding hydrogens is 252 g/mol. The van der Waals surface area contributed by atoms with Gasteiger partial charge < -0.3 is 10.2 Å². The summed E-state index contributed by atoms with van der Waals surface area (Å²) in [6.45, 7) is 1.21. The van der Waals surface area contributed by atoms with Gasteiger partial charge >= 0.3 is 0 Å². The molecule has 0 radical (unpaired) electrons. The molecule has 0 aromatic heterocycles. The number of carbonyl (C=O) groups excluding carboxylic acids is 2. The second kappa shape index (κ2) is 4.37. The van der Waals surface area contributed by atoms with E-state index in [0.29, 0.717) is 35.4 Å². The van der Waals surface area contributed by atoms with Gasteiger partial charge in [0, 0.05) is 24.2 Å². The zero-order valence-electron chi connectivity index (χ0n) is 9.78. The maximum Gasteiger partial charge on any atom is 0.299 e. The average Bonchev–Trinajstić information content (AvgIpc) is 3.13. The van der Waals surface area contributed by atoms with Crippen molar-refractivity contribution in [3.05, 3.63) is 28.8 Å². The highest BCUT2D eigenvalue weighted by atomic mass is 35.5. The molecule has 1 heterocycles. The fraction of sp³-hybridized carbons (Fsp3) is 0.385. The van der Waals surface area contributed by atoms with Crippen LogP contribution in [0, 0.1) is 0 Å². The lowest BCUT2D eigenvalue weighted by Crippen LogP contribution is -2.36. The lowest BCUT2D eigenvalue weighted by molar-refractivity contribution is -0.114. The van der Waals surface area contributed by atoms with Crippen LogP contribution >= 0.6 is 11.6 Å². The molecule has 94 valence electrons. The monoisotopic (exact) mass is 264 g/mol. The Labute approximate surface area is 110 Å². The van der Waals surface area contributed by atoms with Crippen molar-refractivity contribution in [2.24, 2.45) is 0 Å². The number of hydrogen-bond donors (Lipinski definition) is 1. The first-order valence-electron chi connectivity index (χ1n) is 6.06. The number of nitrogens with one attached hydrogen (secondary N) is 1. The van der Waals surface area contributed by atoms with Crippen LogP contribution in [-0.2, 0) is 4.79 Å². The molecule has 1 aliphatic heterocycles. The summed E-state index contributed by atoms with van der Waals surface area (Å²) in [6, 6.07) is 5.53. The molecule has 2 aliphatic rings. The summed E-state index contributed by atoms with van der Waals surface area (Å²) in [5, 5.41) is 3.86. The SMILES string of the molecule is O=C1C(=O)N(CCNC2CC2)c2cc(Cl)ccc21. The molecule has 18 heavy (non-hydrogen) atoms. The Morgan fingerprint density at radius 1 is 1.33 bits per heavy atom. The first-order chi connectivity index (χ1) is 8.66. The zero-order valence-corrected chi connectivity index (χ0v) is 10.5. The first-order valence-corrected chi connectivity index (χ1v) is 6.44. The van der Waals surface area contributed by atoms with Gasteiger partial charge in [-0.15, -0.1) is 0 Å². The molecule has 1 N–H and O–H groups in total. The van der Waals surface area contributed by atoms with Crippen LogP contribution in [0.2, 0.25) is 5.02 Å². The number of halogens is 1.